The van der Waals surface area contributed by atoms with E-state index in [4.69, 9.17) is 0 Å². The first kappa shape index (κ1) is 16.2. The minimum atomic E-state index is -4.96. The number of halogens is 3. The Morgan fingerprint density at radius 1 is 1.04 bits per heavy atom. The number of β-amino-alcohol motifs (C(OH)–C–C–N with tert-alkyl or cyclic N) is 1. The summed E-state index contributed by atoms with van der Waals surface area (Å²) in [7, 11) is 0. The summed E-state index contributed by atoms with van der Waals surface area (Å²) >= 11 is 0. The monoisotopic (exact) mass is 334 g/mol. The highest BCUT2D eigenvalue weighted by molar-refractivity contribution is 6.10. The first-order chi connectivity index (χ1) is 11.3. The first-order valence-corrected chi connectivity index (χ1v) is 7.13. The maximum atomic E-state index is 13.5. The van der Waals surface area contributed by atoms with E-state index in [1.54, 1.807) is 24.3 Å². The van der Waals surface area contributed by atoms with Gasteiger partial charge in [0.05, 0.1) is 6.54 Å². The molecule has 124 valence electrons. The van der Waals surface area contributed by atoms with Gasteiger partial charge < -0.3 is 5.11 Å². The molecule has 1 N–H and O–H groups in total. The van der Waals surface area contributed by atoms with Gasteiger partial charge in [0.25, 0.3) is 5.91 Å². The number of benzene rings is 2. The summed E-state index contributed by atoms with van der Waals surface area (Å²) < 4.78 is 40.4. The second-order valence-electron chi connectivity index (χ2n) is 5.40. The van der Waals surface area contributed by atoms with Crippen molar-refractivity contribution in [1.82, 2.24) is 5.01 Å². The summed E-state index contributed by atoms with van der Waals surface area (Å²) in [6.07, 6.45) is -4.96. The quantitative estimate of drug-likeness (QED) is 0.918. The zero-order chi connectivity index (χ0) is 17.4. The van der Waals surface area contributed by atoms with Crippen molar-refractivity contribution in [1.29, 1.82) is 0 Å². The van der Waals surface area contributed by atoms with Crippen LogP contribution in [0, 0.1) is 0 Å². The topological polar surface area (TPSA) is 52.9 Å². The average Bonchev–Trinajstić information content (AvgIpc) is 2.95. The van der Waals surface area contributed by atoms with Gasteiger partial charge in [-0.1, -0.05) is 48.5 Å². The molecule has 0 saturated heterocycles. The van der Waals surface area contributed by atoms with Crippen molar-refractivity contribution < 1.29 is 23.1 Å². The van der Waals surface area contributed by atoms with Crippen LogP contribution in [0.25, 0.3) is 0 Å². The van der Waals surface area contributed by atoms with E-state index in [9.17, 15) is 23.1 Å². The van der Waals surface area contributed by atoms with E-state index in [0.29, 0.717) is 5.01 Å². The number of hydrogen-bond donors (Lipinski definition) is 1. The van der Waals surface area contributed by atoms with Crippen LogP contribution in [0.2, 0.25) is 0 Å². The van der Waals surface area contributed by atoms with Crippen molar-refractivity contribution in [3.63, 3.8) is 0 Å². The molecule has 0 unspecified atom stereocenters. The minimum Gasteiger partial charge on any atom is -0.374 e. The van der Waals surface area contributed by atoms with Crippen LogP contribution >= 0.6 is 0 Å². The van der Waals surface area contributed by atoms with E-state index in [-0.39, 0.29) is 11.1 Å². The van der Waals surface area contributed by atoms with E-state index in [2.05, 4.69) is 5.10 Å². The Morgan fingerprint density at radius 2 is 1.58 bits per heavy atom. The zero-order valence-electron chi connectivity index (χ0n) is 12.4. The maximum absolute atomic E-state index is 13.5. The number of amides is 1. The SMILES string of the molecule is O=C(c1ccccc1)N1C[C@@](O)(C(F)(F)F)C(c2ccccc2)=N1. The fourth-order valence-corrected chi connectivity index (χ4v) is 2.49. The van der Waals surface area contributed by atoms with Gasteiger partial charge >= 0.3 is 6.18 Å². The summed E-state index contributed by atoms with van der Waals surface area (Å²) in [6, 6.07) is 15.4. The molecule has 0 fully saturated rings. The smallest absolute Gasteiger partial charge is 0.374 e. The fourth-order valence-electron chi connectivity index (χ4n) is 2.49. The van der Waals surface area contributed by atoms with Crippen LogP contribution in [0.1, 0.15) is 15.9 Å². The number of nitrogens with zero attached hydrogens (tertiary/aromatic N) is 2. The Hall–Kier alpha value is -2.67. The number of hydrogen-bond acceptors (Lipinski definition) is 3. The Bertz CT molecular complexity index is 775. The van der Waals surface area contributed by atoms with Gasteiger partial charge in [-0.2, -0.15) is 18.3 Å². The van der Waals surface area contributed by atoms with Gasteiger partial charge in [-0.3, -0.25) is 4.79 Å². The van der Waals surface area contributed by atoms with Gasteiger partial charge in [0.2, 0.25) is 5.60 Å². The molecule has 3 rings (SSSR count). The average molecular weight is 334 g/mol. The molecule has 7 heteroatoms. The molecule has 1 aliphatic rings. The Kier molecular flexibility index (Phi) is 3.88. The Morgan fingerprint density at radius 3 is 2.12 bits per heavy atom. The second kappa shape index (κ2) is 5.76. The molecule has 4 nitrogen and oxygen atoms in total. The lowest BCUT2D eigenvalue weighted by molar-refractivity contribution is -0.228. The second-order valence-corrected chi connectivity index (χ2v) is 5.40. The molecule has 0 bridgehead atoms. The van der Waals surface area contributed by atoms with E-state index >= 15 is 0 Å². The number of alkyl halides is 3. The van der Waals surface area contributed by atoms with Crippen LogP contribution in [0.3, 0.4) is 0 Å². The van der Waals surface area contributed by atoms with Crippen LogP contribution in [-0.4, -0.2) is 40.1 Å². The third-order valence-electron chi connectivity index (χ3n) is 3.76. The molecule has 2 aromatic rings. The molecule has 0 aliphatic carbocycles. The van der Waals surface area contributed by atoms with Gasteiger partial charge in [-0.25, -0.2) is 5.01 Å². The lowest BCUT2D eigenvalue weighted by Gasteiger charge is -2.27. The molecule has 0 saturated carbocycles. The predicted octanol–water partition coefficient (Wildman–Crippen LogP) is 2.84. The lowest BCUT2D eigenvalue weighted by Crippen LogP contribution is -2.54. The van der Waals surface area contributed by atoms with Crippen LogP contribution in [0.4, 0.5) is 13.2 Å². The number of aliphatic hydroxyl groups is 1. The maximum Gasteiger partial charge on any atom is 0.424 e. The summed E-state index contributed by atoms with van der Waals surface area (Å²) in [5.41, 5.74) is -3.49. The molecular formula is C17H13F3N2O2. The van der Waals surface area contributed by atoms with Gasteiger partial charge in [0.1, 0.15) is 5.71 Å². The molecule has 1 amide bonds. The number of rotatable bonds is 2. The van der Waals surface area contributed by atoms with Crippen molar-refractivity contribution in [2.75, 3.05) is 6.54 Å². The molecule has 24 heavy (non-hydrogen) atoms. The number of carbonyl (C=O) groups is 1. The highest BCUT2D eigenvalue weighted by Crippen LogP contribution is 2.38. The third-order valence-corrected chi connectivity index (χ3v) is 3.76. The van der Waals surface area contributed by atoms with E-state index in [1.807, 2.05) is 0 Å². The fraction of sp³-hybridized carbons (Fsp3) is 0.176. The van der Waals surface area contributed by atoms with Crippen molar-refractivity contribution in [2.24, 2.45) is 5.10 Å². The summed E-state index contributed by atoms with van der Waals surface area (Å²) in [6.45, 7) is -0.978. The van der Waals surface area contributed by atoms with E-state index < -0.39 is 29.9 Å². The molecule has 0 spiro atoms. The molecular weight excluding hydrogens is 321 g/mol. The largest absolute Gasteiger partial charge is 0.424 e. The predicted molar refractivity (Wildman–Crippen MR) is 81.5 cm³/mol. The van der Waals surface area contributed by atoms with Crippen molar-refractivity contribution in [3.8, 4) is 0 Å². The highest BCUT2D eigenvalue weighted by atomic mass is 19.4. The summed E-state index contributed by atoms with van der Waals surface area (Å²) in [4.78, 5) is 12.4. The standard InChI is InChI=1S/C17H13F3N2O2/c18-17(19,20)16(24)11-22(15(23)13-9-5-2-6-10-13)21-14(16)12-7-3-1-4-8-12/h1-10,24H,11H2/t16-/m0/s1. The molecule has 1 atom stereocenters. The Labute approximate surface area is 135 Å². The van der Waals surface area contributed by atoms with Crippen LogP contribution in [-0.2, 0) is 0 Å². The van der Waals surface area contributed by atoms with Crippen molar-refractivity contribution >= 4 is 11.6 Å². The number of hydrazone groups is 1. The molecule has 1 heterocycles. The van der Waals surface area contributed by atoms with Crippen molar-refractivity contribution in [2.45, 2.75) is 11.8 Å². The normalized spacial score (nSPS) is 20.8. The van der Waals surface area contributed by atoms with Crippen LogP contribution < -0.4 is 0 Å². The minimum absolute atomic E-state index is 0.112. The lowest BCUT2D eigenvalue weighted by atomic mass is 9.92. The summed E-state index contributed by atoms with van der Waals surface area (Å²) in [5.74, 6) is -0.704. The van der Waals surface area contributed by atoms with E-state index in [1.165, 1.54) is 36.4 Å². The Balaban J connectivity index is 2.03. The van der Waals surface area contributed by atoms with Gasteiger partial charge in [0.15, 0.2) is 0 Å². The zero-order valence-corrected chi connectivity index (χ0v) is 12.4. The molecule has 0 radical (unpaired) electrons. The molecule has 2 aromatic carbocycles. The van der Waals surface area contributed by atoms with Crippen LogP contribution in [0.15, 0.2) is 65.8 Å². The van der Waals surface area contributed by atoms with E-state index in [0.717, 1.165) is 0 Å². The summed E-state index contributed by atoms with van der Waals surface area (Å²) in [5, 5.41) is 14.7. The first-order valence-electron chi connectivity index (χ1n) is 7.13. The third kappa shape index (κ3) is 2.67. The van der Waals surface area contributed by atoms with Crippen LogP contribution in [0.5, 0.6) is 0 Å². The molecule has 0 aromatic heterocycles. The highest BCUT2D eigenvalue weighted by Gasteiger charge is 2.62. The van der Waals surface area contributed by atoms with Crippen molar-refractivity contribution in [3.05, 3.63) is 71.8 Å². The molecule has 1 aliphatic heterocycles. The van der Waals surface area contributed by atoms with Gasteiger partial charge in [-0.15, -0.1) is 0 Å². The van der Waals surface area contributed by atoms with Gasteiger partial charge in [-0.05, 0) is 12.1 Å². The van der Waals surface area contributed by atoms with Gasteiger partial charge in [0, 0.05) is 11.1 Å². The number of carbonyl (C=O) groups excluding carboxylic acids is 1.